The van der Waals surface area contributed by atoms with Crippen LogP contribution in [-0.4, -0.2) is 19.8 Å². The standard InChI is InChI=1S/C18H29NO/c1-14(2)18(20-13-15-9-7-8-10-15)17(19-3)16-11-5-4-6-12-16/h4-6,11-12,14-15,17-19H,7-10,13H2,1-3H3. The molecule has 2 unspecified atom stereocenters. The molecule has 1 N–H and O–H groups in total. The van der Waals surface area contributed by atoms with E-state index < -0.39 is 0 Å². The van der Waals surface area contributed by atoms with E-state index in [1.165, 1.54) is 31.2 Å². The molecule has 0 saturated heterocycles. The minimum atomic E-state index is 0.239. The predicted octanol–water partition coefficient (Wildman–Crippen LogP) is 4.18. The maximum atomic E-state index is 6.33. The summed E-state index contributed by atoms with van der Waals surface area (Å²) in [5.74, 6) is 1.29. The molecule has 0 amide bonds. The first-order valence-corrected chi connectivity index (χ1v) is 8.06. The van der Waals surface area contributed by atoms with Gasteiger partial charge in [-0.1, -0.05) is 57.0 Å². The average Bonchev–Trinajstić information content (AvgIpc) is 2.97. The van der Waals surface area contributed by atoms with Crippen molar-refractivity contribution in [3.8, 4) is 0 Å². The summed E-state index contributed by atoms with van der Waals surface area (Å²) in [4.78, 5) is 0. The number of hydrogen-bond acceptors (Lipinski definition) is 2. The fourth-order valence-electron chi connectivity index (χ4n) is 3.28. The summed E-state index contributed by atoms with van der Waals surface area (Å²) in [6.07, 6.45) is 5.70. The largest absolute Gasteiger partial charge is 0.376 e. The molecule has 1 aliphatic rings. The molecule has 1 aromatic carbocycles. The van der Waals surface area contributed by atoms with Crippen LogP contribution in [0.1, 0.15) is 51.1 Å². The van der Waals surface area contributed by atoms with E-state index >= 15 is 0 Å². The number of nitrogens with one attached hydrogen (secondary N) is 1. The molecule has 2 rings (SSSR count). The van der Waals surface area contributed by atoms with E-state index in [9.17, 15) is 0 Å². The number of hydrogen-bond donors (Lipinski definition) is 1. The normalized spacial score (nSPS) is 19.4. The molecule has 0 aromatic heterocycles. The molecule has 1 aliphatic carbocycles. The topological polar surface area (TPSA) is 21.3 Å². The molecule has 0 bridgehead atoms. The summed E-state index contributed by atoms with van der Waals surface area (Å²) in [5.41, 5.74) is 1.32. The molecule has 2 heteroatoms. The molecule has 2 nitrogen and oxygen atoms in total. The third kappa shape index (κ3) is 4.07. The second-order valence-electron chi connectivity index (χ2n) is 6.37. The van der Waals surface area contributed by atoms with E-state index in [4.69, 9.17) is 4.74 Å². The van der Waals surface area contributed by atoms with Crippen LogP contribution in [0.5, 0.6) is 0 Å². The summed E-state index contributed by atoms with van der Waals surface area (Å²) < 4.78 is 6.33. The smallest absolute Gasteiger partial charge is 0.0792 e. The van der Waals surface area contributed by atoms with E-state index in [-0.39, 0.29) is 12.1 Å². The van der Waals surface area contributed by atoms with Crippen molar-refractivity contribution >= 4 is 0 Å². The van der Waals surface area contributed by atoms with Gasteiger partial charge in [0, 0.05) is 6.61 Å². The number of rotatable bonds is 7. The van der Waals surface area contributed by atoms with Crippen LogP contribution in [0.3, 0.4) is 0 Å². The van der Waals surface area contributed by atoms with Gasteiger partial charge < -0.3 is 10.1 Å². The van der Waals surface area contributed by atoms with Crippen molar-refractivity contribution in [1.29, 1.82) is 0 Å². The van der Waals surface area contributed by atoms with Crippen LogP contribution in [0.2, 0.25) is 0 Å². The van der Waals surface area contributed by atoms with Crippen molar-refractivity contribution in [2.45, 2.75) is 51.7 Å². The summed E-state index contributed by atoms with van der Waals surface area (Å²) in [6, 6.07) is 10.9. The van der Waals surface area contributed by atoms with Gasteiger partial charge in [-0.3, -0.25) is 0 Å². The molecule has 1 fully saturated rings. The molecular weight excluding hydrogens is 246 g/mol. The third-order valence-corrected chi connectivity index (χ3v) is 4.45. The van der Waals surface area contributed by atoms with E-state index in [0.29, 0.717) is 5.92 Å². The van der Waals surface area contributed by atoms with Gasteiger partial charge in [0.05, 0.1) is 12.1 Å². The summed E-state index contributed by atoms with van der Waals surface area (Å²) >= 11 is 0. The van der Waals surface area contributed by atoms with E-state index in [0.717, 1.165) is 12.5 Å². The van der Waals surface area contributed by atoms with E-state index in [2.05, 4.69) is 49.5 Å². The van der Waals surface area contributed by atoms with E-state index in [1.54, 1.807) is 0 Å². The Morgan fingerprint density at radius 1 is 1.15 bits per heavy atom. The number of ether oxygens (including phenoxy) is 1. The lowest BCUT2D eigenvalue weighted by Crippen LogP contribution is -2.36. The zero-order valence-electron chi connectivity index (χ0n) is 13.1. The summed E-state index contributed by atoms with van der Waals surface area (Å²) in [5, 5.41) is 3.45. The van der Waals surface area contributed by atoms with Crippen LogP contribution >= 0.6 is 0 Å². The van der Waals surface area contributed by atoms with Crippen LogP contribution in [0.25, 0.3) is 0 Å². The Balaban J connectivity index is 2.01. The minimum absolute atomic E-state index is 0.239. The van der Waals surface area contributed by atoms with Gasteiger partial charge in [-0.05, 0) is 37.3 Å². The highest BCUT2D eigenvalue weighted by Crippen LogP contribution is 2.29. The van der Waals surface area contributed by atoms with Gasteiger partial charge in [-0.25, -0.2) is 0 Å². The minimum Gasteiger partial charge on any atom is -0.376 e. The van der Waals surface area contributed by atoms with Crippen molar-refractivity contribution in [3.63, 3.8) is 0 Å². The molecule has 112 valence electrons. The lowest BCUT2D eigenvalue weighted by atomic mass is 9.93. The maximum Gasteiger partial charge on any atom is 0.0792 e. The average molecular weight is 275 g/mol. The number of benzene rings is 1. The highest BCUT2D eigenvalue weighted by Gasteiger charge is 2.27. The molecule has 1 saturated carbocycles. The van der Waals surface area contributed by atoms with Gasteiger partial charge >= 0.3 is 0 Å². The van der Waals surface area contributed by atoms with E-state index in [1.807, 2.05) is 7.05 Å². The van der Waals surface area contributed by atoms with Gasteiger partial charge in [0.1, 0.15) is 0 Å². The van der Waals surface area contributed by atoms with Crippen LogP contribution in [0.4, 0.5) is 0 Å². The highest BCUT2D eigenvalue weighted by molar-refractivity contribution is 5.20. The molecule has 1 aromatic rings. The van der Waals surface area contributed by atoms with Crippen LogP contribution in [0.15, 0.2) is 30.3 Å². The van der Waals surface area contributed by atoms with Crippen molar-refractivity contribution in [2.24, 2.45) is 11.8 Å². The third-order valence-electron chi connectivity index (χ3n) is 4.45. The molecule has 20 heavy (non-hydrogen) atoms. The van der Waals surface area contributed by atoms with Crippen LogP contribution < -0.4 is 5.32 Å². The first kappa shape index (κ1) is 15.5. The Bertz CT molecular complexity index is 370. The zero-order valence-corrected chi connectivity index (χ0v) is 13.1. The zero-order chi connectivity index (χ0) is 14.4. The Morgan fingerprint density at radius 2 is 1.80 bits per heavy atom. The fraction of sp³-hybridized carbons (Fsp3) is 0.667. The second kappa shape index (κ2) is 7.80. The monoisotopic (exact) mass is 275 g/mol. The van der Waals surface area contributed by atoms with Crippen molar-refractivity contribution in [1.82, 2.24) is 5.32 Å². The lowest BCUT2D eigenvalue weighted by molar-refractivity contribution is -0.0191. The molecule has 0 radical (unpaired) electrons. The van der Waals surface area contributed by atoms with Gasteiger partial charge in [-0.2, -0.15) is 0 Å². The first-order chi connectivity index (χ1) is 9.72. The highest BCUT2D eigenvalue weighted by atomic mass is 16.5. The van der Waals surface area contributed by atoms with Crippen molar-refractivity contribution < 1.29 is 4.74 Å². The van der Waals surface area contributed by atoms with Gasteiger partial charge in [0.2, 0.25) is 0 Å². The first-order valence-electron chi connectivity index (χ1n) is 8.06. The molecule has 0 spiro atoms. The fourth-order valence-corrected chi connectivity index (χ4v) is 3.28. The van der Waals surface area contributed by atoms with Crippen LogP contribution in [-0.2, 0) is 4.74 Å². The van der Waals surface area contributed by atoms with Crippen molar-refractivity contribution in [2.75, 3.05) is 13.7 Å². The lowest BCUT2D eigenvalue weighted by Gasteiger charge is -2.31. The second-order valence-corrected chi connectivity index (χ2v) is 6.37. The Labute approximate surface area is 123 Å². The summed E-state index contributed by atoms with van der Waals surface area (Å²) in [7, 11) is 2.03. The molecule has 2 atom stereocenters. The van der Waals surface area contributed by atoms with Gasteiger partial charge in [0.25, 0.3) is 0 Å². The van der Waals surface area contributed by atoms with Gasteiger partial charge in [0.15, 0.2) is 0 Å². The Morgan fingerprint density at radius 3 is 2.35 bits per heavy atom. The molecule has 0 heterocycles. The quantitative estimate of drug-likeness (QED) is 0.806. The Kier molecular flexibility index (Phi) is 6.06. The SMILES string of the molecule is CNC(c1ccccc1)C(OCC1CCCC1)C(C)C. The van der Waals surface area contributed by atoms with Gasteiger partial charge in [-0.15, -0.1) is 0 Å². The summed E-state index contributed by atoms with van der Waals surface area (Å²) in [6.45, 7) is 5.44. The van der Waals surface area contributed by atoms with Crippen molar-refractivity contribution in [3.05, 3.63) is 35.9 Å². The van der Waals surface area contributed by atoms with Crippen LogP contribution in [0, 0.1) is 11.8 Å². The maximum absolute atomic E-state index is 6.33. The molecular formula is C18H29NO. The predicted molar refractivity (Wildman–Crippen MR) is 84.8 cm³/mol. The number of likely N-dealkylation sites (N-methyl/N-ethyl adjacent to an activating group) is 1. The molecule has 0 aliphatic heterocycles. The Hall–Kier alpha value is -0.860.